The number of hydrogen-bond acceptors (Lipinski definition) is 5. The van der Waals surface area contributed by atoms with E-state index in [-0.39, 0.29) is 10.6 Å². The molecule has 2 aromatic carbocycles. The van der Waals surface area contributed by atoms with Gasteiger partial charge < -0.3 is 11.1 Å². The van der Waals surface area contributed by atoms with E-state index < -0.39 is 10.0 Å². The Morgan fingerprint density at radius 3 is 2.15 bits per heavy atom. The Morgan fingerprint density at radius 1 is 1.05 bits per heavy atom. The first-order valence-corrected chi connectivity index (χ1v) is 7.14. The van der Waals surface area contributed by atoms with Crippen molar-refractivity contribution in [1.29, 1.82) is 5.26 Å². The van der Waals surface area contributed by atoms with Crippen LogP contribution in [0, 0.1) is 11.3 Å². The van der Waals surface area contributed by atoms with Crippen LogP contribution in [0.15, 0.2) is 47.4 Å². The molecule has 0 aromatic heterocycles. The number of nitriles is 1. The predicted molar refractivity (Wildman–Crippen MR) is 76.7 cm³/mol. The summed E-state index contributed by atoms with van der Waals surface area (Å²) in [5, 5.41) is 16.8. The van der Waals surface area contributed by atoms with Crippen LogP contribution >= 0.6 is 0 Å². The number of anilines is 3. The Hall–Kier alpha value is -2.56. The molecule has 0 aliphatic rings. The van der Waals surface area contributed by atoms with Crippen molar-refractivity contribution < 1.29 is 8.42 Å². The molecule has 2 aromatic rings. The van der Waals surface area contributed by atoms with Crippen molar-refractivity contribution in [3.05, 3.63) is 48.0 Å². The molecule has 102 valence electrons. The molecular weight excluding hydrogens is 276 g/mol. The standard InChI is InChI=1S/C13H12N4O2S/c14-8-9-1-3-10(4-2-9)17-11-5-6-13(12(15)7-11)20(16,18)19/h1-7,17H,15H2,(H2,16,18,19). The van der Waals surface area contributed by atoms with Gasteiger partial charge in [0.25, 0.3) is 0 Å². The van der Waals surface area contributed by atoms with Crippen molar-refractivity contribution in [1.82, 2.24) is 0 Å². The van der Waals surface area contributed by atoms with E-state index in [1.165, 1.54) is 12.1 Å². The summed E-state index contributed by atoms with van der Waals surface area (Å²) in [7, 11) is -3.82. The summed E-state index contributed by atoms with van der Waals surface area (Å²) in [4.78, 5) is -0.108. The molecule has 0 saturated heterocycles. The lowest BCUT2D eigenvalue weighted by Gasteiger charge is -2.09. The fraction of sp³-hybridized carbons (Fsp3) is 0. The molecule has 0 bridgehead atoms. The molecule has 5 N–H and O–H groups in total. The Kier molecular flexibility index (Phi) is 3.61. The van der Waals surface area contributed by atoms with Gasteiger partial charge in [-0.2, -0.15) is 5.26 Å². The second-order valence-electron chi connectivity index (χ2n) is 4.11. The van der Waals surface area contributed by atoms with Crippen LogP contribution in [0.2, 0.25) is 0 Å². The van der Waals surface area contributed by atoms with E-state index in [4.69, 9.17) is 16.1 Å². The van der Waals surface area contributed by atoms with Gasteiger partial charge in [0.05, 0.1) is 17.3 Å². The zero-order valence-electron chi connectivity index (χ0n) is 10.4. The topological polar surface area (TPSA) is 122 Å². The lowest BCUT2D eigenvalue weighted by Crippen LogP contribution is -2.14. The lowest BCUT2D eigenvalue weighted by atomic mass is 10.2. The maximum absolute atomic E-state index is 11.2. The minimum atomic E-state index is -3.82. The summed E-state index contributed by atoms with van der Waals surface area (Å²) in [6, 6.07) is 13.2. The van der Waals surface area contributed by atoms with Crippen molar-refractivity contribution in [2.45, 2.75) is 4.90 Å². The van der Waals surface area contributed by atoms with Crippen LogP contribution in [-0.4, -0.2) is 8.42 Å². The van der Waals surface area contributed by atoms with Gasteiger partial charge >= 0.3 is 0 Å². The van der Waals surface area contributed by atoms with E-state index in [1.807, 2.05) is 6.07 Å². The van der Waals surface area contributed by atoms with E-state index in [0.29, 0.717) is 11.3 Å². The second kappa shape index (κ2) is 5.21. The van der Waals surface area contributed by atoms with Crippen LogP contribution in [0.25, 0.3) is 0 Å². The highest BCUT2D eigenvalue weighted by Gasteiger charge is 2.12. The third-order valence-corrected chi connectivity index (χ3v) is 3.60. The minimum absolute atomic E-state index is 0.0751. The van der Waals surface area contributed by atoms with Gasteiger partial charge in [-0.1, -0.05) is 0 Å². The lowest BCUT2D eigenvalue weighted by molar-refractivity contribution is 0.598. The van der Waals surface area contributed by atoms with Crippen LogP contribution < -0.4 is 16.2 Å². The largest absolute Gasteiger partial charge is 0.398 e. The van der Waals surface area contributed by atoms with Gasteiger partial charge in [0, 0.05) is 11.4 Å². The number of rotatable bonds is 3. The molecule has 0 aliphatic carbocycles. The van der Waals surface area contributed by atoms with E-state index in [9.17, 15) is 8.42 Å². The van der Waals surface area contributed by atoms with Gasteiger partial charge in [-0.3, -0.25) is 0 Å². The fourth-order valence-corrected chi connectivity index (χ4v) is 2.33. The molecule has 0 aliphatic heterocycles. The number of nitrogens with two attached hydrogens (primary N) is 2. The third kappa shape index (κ3) is 3.06. The Bertz CT molecular complexity index is 777. The number of nitrogens with zero attached hydrogens (tertiary/aromatic N) is 1. The summed E-state index contributed by atoms with van der Waals surface area (Å²) < 4.78 is 22.5. The van der Waals surface area contributed by atoms with Gasteiger partial charge in [-0.05, 0) is 42.5 Å². The average Bonchev–Trinajstić information content (AvgIpc) is 2.38. The van der Waals surface area contributed by atoms with Crippen molar-refractivity contribution >= 4 is 27.1 Å². The smallest absolute Gasteiger partial charge is 0.240 e. The first kappa shape index (κ1) is 13.9. The highest BCUT2D eigenvalue weighted by Crippen LogP contribution is 2.24. The SMILES string of the molecule is N#Cc1ccc(Nc2ccc(S(N)(=O)=O)c(N)c2)cc1. The van der Waals surface area contributed by atoms with E-state index in [1.54, 1.807) is 30.3 Å². The molecule has 0 heterocycles. The number of hydrogen-bond donors (Lipinski definition) is 3. The van der Waals surface area contributed by atoms with Gasteiger partial charge in [0.1, 0.15) is 4.90 Å². The number of nitrogen functional groups attached to an aromatic ring is 1. The van der Waals surface area contributed by atoms with Crippen LogP contribution in [0.1, 0.15) is 5.56 Å². The Balaban J connectivity index is 2.26. The van der Waals surface area contributed by atoms with E-state index >= 15 is 0 Å². The molecule has 0 atom stereocenters. The molecule has 0 fully saturated rings. The Morgan fingerprint density at radius 2 is 1.65 bits per heavy atom. The molecule has 0 amide bonds. The fourth-order valence-electron chi connectivity index (χ4n) is 1.68. The molecule has 2 rings (SSSR count). The minimum Gasteiger partial charge on any atom is -0.398 e. The van der Waals surface area contributed by atoms with Gasteiger partial charge in [0.2, 0.25) is 10.0 Å². The summed E-state index contributed by atoms with van der Waals surface area (Å²) in [6.45, 7) is 0. The third-order valence-electron chi connectivity index (χ3n) is 2.62. The highest BCUT2D eigenvalue weighted by molar-refractivity contribution is 7.89. The molecule has 0 saturated carbocycles. The van der Waals surface area contributed by atoms with Crippen LogP contribution in [0.5, 0.6) is 0 Å². The summed E-state index contributed by atoms with van der Waals surface area (Å²) in [5.41, 5.74) is 7.68. The molecule has 0 unspecified atom stereocenters. The monoisotopic (exact) mass is 288 g/mol. The van der Waals surface area contributed by atoms with E-state index in [0.717, 1.165) is 5.69 Å². The first-order chi connectivity index (χ1) is 9.40. The first-order valence-electron chi connectivity index (χ1n) is 5.59. The van der Waals surface area contributed by atoms with Crippen molar-refractivity contribution in [2.75, 3.05) is 11.1 Å². The molecule has 0 spiro atoms. The normalized spacial score (nSPS) is 10.8. The zero-order chi connectivity index (χ0) is 14.8. The summed E-state index contributed by atoms with van der Waals surface area (Å²) in [5.74, 6) is 0. The number of primary sulfonamides is 1. The van der Waals surface area contributed by atoms with Gasteiger partial charge in [-0.25, -0.2) is 13.6 Å². The van der Waals surface area contributed by atoms with E-state index in [2.05, 4.69) is 5.32 Å². The molecule has 6 nitrogen and oxygen atoms in total. The number of benzene rings is 2. The maximum Gasteiger partial charge on any atom is 0.240 e. The van der Waals surface area contributed by atoms with Crippen LogP contribution in [-0.2, 0) is 10.0 Å². The maximum atomic E-state index is 11.2. The molecule has 0 radical (unpaired) electrons. The second-order valence-corrected chi connectivity index (χ2v) is 5.64. The van der Waals surface area contributed by atoms with Crippen LogP contribution in [0.3, 0.4) is 0 Å². The summed E-state index contributed by atoms with van der Waals surface area (Å²) in [6.07, 6.45) is 0. The molecular formula is C13H12N4O2S. The average molecular weight is 288 g/mol. The quantitative estimate of drug-likeness (QED) is 0.739. The zero-order valence-corrected chi connectivity index (χ0v) is 11.2. The van der Waals surface area contributed by atoms with Crippen LogP contribution in [0.4, 0.5) is 17.1 Å². The molecule has 20 heavy (non-hydrogen) atoms. The van der Waals surface area contributed by atoms with Gasteiger partial charge in [0.15, 0.2) is 0 Å². The van der Waals surface area contributed by atoms with Crippen molar-refractivity contribution in [2.24, 2.45) is 5.14 Å². The number of sulfonamides is 1. The Labute approximate surface area is 116 Å². The van der Waals surface area contributed by atoms with Crippen molar-refractivity contribution in [3.63, 3.8) is 0 Å². The van der Waals surface area contributed by atoms with Gasteiger partial charge in [-0.15, -0.1) is 0 Å². The predicted octanol–water partition coefficient (Wildman–Crippen LogP) is 1.53. The van der Waals surface area contributed by atoms with Crippen molar-refractivity contribution in [3.8, 4) is 6.07 Å². The highest BCUT2D eigenvalue weighted by atomic mass is 32.2. The molecule has 7 heteroatoms. The number of nitrogens with one attached hydrogen (secondary N) is 1. The summed E-state index contributed by atoms with van der Waals surface area (Å²) >= 11 is 0.